The van der Waals surface area contributed by atoms with Gasteiger partial charge < -0.3 is 10.2 Å². The van der Waals surface area contributed by atoms with Crippen molar-refractivity contribution in [3.63, 3.8) is 0 Å². The van der Waals surface area contributed by atoms with Gasteiger partial charge in [-0.05, 0) is 29.8 Å². The van der Waals surface area contributed by atoms with Gasteiger partial charge in [-0.25, -0.2) is 5.43 Å². The van der Waals surface area contributed by atoms with Crippen molar-refractivity contribution in [2.75, 3.05) is 25.5 Å². The highest BCUT2D eigenvalue weighted by Gasteiger charge is 2.05. The van der Waals surface area contributed by atoms with E-state index in [1.807, 2.05) is 49.3 Å². The zero-order valence-corrected chi connectivity index (χ0v) is 14.4. The van der Waals surface area contributed by atoms with Crippen LogP contribution in [0.4, 0.5) is 5.69 Å². The van der Waals surface area contributed by atoms with E-state index in [0.717, 1.165) is 11.3 Å². The molecule has 0 aliphatic carbocycles. The number of hydrogen-bond acceptors (Lipinski definition) is 4. The summed E-state index contributed by atoms with van der Waals surface area (Å²) in [7, 11) is 3.94. The third-order valence-corrected chi connectivity index (χ3v) is 3.49. The van der Waals surface area contributed by atoms with Crippen LogP contribution in [-0.2, 0) is 4.79 Å². The van der Waals surface area contributed by atoms with Gasteiger partial charge in [-0.2, -0.15) is 5.10 Å². The van der Waals surface area contributed by atoms with Crippen LogP contribution in [-0.4, -0.2) is 38.7 Å². The lowest BCUT2D eigenvalue weighted by molar-refractivity contribution is -0.120. The molecule has 2 rings (SSSR count). The number of nitrogens with zero attached hydrogens (tertiary/aromatic N) is 2. The molecule has 6 heteroatoms. The number of anilines is 1. The Kier molecular flexibility index (Phi) is 6.71. The summed E-state index contributed by atoms with van der Waals surface area (Å²) in [4.78, 5) is 25.5. The van der Waals surface area contributed by atoms with Crippen LogP contribution in [0.5, 0.6) is 0 Å². The molecule has 0 bridgehead atoms. The molecular formula is C19H22N4O2. The van der Waals surface area contributed by atoms with Crippen LogP contribution in [0.3, 0.4) is 0 Å². The average Bonchev–Trinajstić information content (AvgIpc) is 2.63. The third-order valence-electron chi connectivity index (χ3n) is 3.49. The Morgan fingerprint density at radius 1 is 1.04 bits per heavy atom. The lowest BCUT2D eigenvalue weighted by Crippen LogP contribution is -2.28. The number of benzene rings is 2. The summed E-state index contributed by atoms with van der Waals surface area (Å²) in [5.74, 6) is -0.451. The van der Waals surface area contributed by atoms with Crippen LogP contribution in [0.15, 0.2) is 59.7 Å². The highest BCUT2D eigenvalue weighted by atomic mass is 16.2. The van der Waals surface area contributed by atoms with Gasteiger partial charge in [-0.15, -0.1) is 0 Å². The topological polar surface area (TPSA) is 73.8 Å². The van der Waals surface area contributed by atoms with Gasteiger partial charge in [0.1, 0.15) is 0 Å². The second-order valence-corrected chi connectivity index (χ2v) is 5.65. The first-order valence-electron chi connectivity index (χ1n) is 7.99. The Balaban J connectivity index is 1.70. The second-order valence-electron chi connectivity index (χ2n) is 5.65. The van der Waals surface area contributed by atoms with Crippen molar-refractivity contribution in [1.29, 1.82) is 0 Å². The maximum Gasteiger partial charge on any atom is 0.251 e. The monoisotopic (exact) mass is 338 g/mol. The molecular weight excluding hydrogens is 316 g/mol. The van der Waals surface area contributed by atoms with Crippen LogP contribution in [0.25, 0.3) is 0 Å². The van der Waals surface area contributed by atoms with Gasteiger partial charge in [-0.3, -0.25) is 9.59 Å². The fourth-order valence-electron chi connectivity index (χ4n) is 2.07. The van der Waals surface area contributed by atoms with Crippen molar-refractivity contribution in [3.8, 4) is 0 Å². The van der Waals surface area contributed by atoms with Crippen LogP contribution < -0.4 is 15.6 Å². The highest BCUT2D eigenvalue weighted by Crippen LogP contribution is 2.10. The molecule has 0 fully saturated rings. The average molecular weight is 338 g/mol. The minimum absolute atomic E-state index is 0.162. The molecule has 0 aliphatic heterocycles. The number of rotatable bonds is 7. The first-order valence-corrected chi connectivity index (χ1v) is 7.99. The number of amides is 2. The molecule has 0 unspecified atom stereocenters. The van der Waals surface area contributed by atoms with E-state index < -0.39 is 0 Å². The van der Waals surface area contributed by atoms with Crippen molar-refractivity contribution in [2.45, 2.75) is 6.42 Å². The molecule has 2 amide bonds. The largest absolute Gasteiger partial charge is 0.378 e. The van der Waals surface area contributed by atoms with E-state index in [1.54, 1.807) is 30.5 Å². The zero-order chi connectivity index (χ0) is 18.1. The summed E-state index contributed by atoms with van der Waals surface area (Å²) in [5.41, 5.74) is 5.01. The van der Waals surface area contributed by atoms with E-state index in [-0.39, 0.29) is 24.8 Å². The molecule has 0 aromatic heterocycles. The van der Waals surface area contributed by atoms with Crippen molar-refractivity contribution >= 4 is 23.7 Å². The molecule has 0 saturated carbocycles. The number of carbonyl (C=O) groups excluding carboxylic acids is 2. The van der Waals surface area contributed by atoms with Gasteiger partial charge in [0.15, 0.2) is 0 Å². The normalized spacial score (nSPS) is 10.5. The van der Waals surface area contributed by atoms with Crippen LogP contribution in [0, 0.1) is 0 Å². The molecule has 2 aromatic carbocycles. The number of hydrogen-bond donors (Lipinski definition) is 2. The number of hydrazone groups is 1. The summed E-state index contributed by atoms with van der Waals surface area (Å²) < 4.78 is 0. The Morgan fingerprint density at radius 2 is 1.72 bits per heavy atom. The SMILES string of the molecule is CN(C)c1ccc(/C=N\NC(=O)CCNC(=O)c2ccccc2)cc1. The highest BCUT2D eigenvalue weighted by molar-refractivity contribution is 5.94. The van der Waals surface area contributed by atoms with E-state index >= 15 is 0 Å². The molecule has 0 saturated heterocycles. The van der Waals surface area contributed by atoms with Gasteiger partial charge in [0.05, 0.1) is 6.21 Å². The van der Waals surface area contributed by atoms with Crippen molar-refractivity contribution < 1.29 is 9.59 Å². The van der Waals surface area contributed by atoms with E-state index in [4.69, 9.17) is 0 Å². The third kappa shape index (κ3) is 6.10. The molecule has 0 aliphatic rings. The lowest BCUT2D eigenvalue weighted by Gasteiger charge is -2.11. The van der Waals surface area contributed by atoms with Crippen molar-refractivity contribution in [1.82, 2.24) is 10.7 Å². The molecule has 130 valence electrons. The van der Waals surface area contributed by atoms with Gasteiger partial charge in [0, 0.05) is 38.3 Å². The van der Waals surface area contributed by atoms with Crippen molar-refractivity contribution in [3.05, 3.63) is 65.7 Å². The van der Waals surface area contributed by atoms with Crippen LogP contribution >= 0.6 is 0 Å². The van der Waals surface area contributed by atoms with E-state index in [9.17, 15) is 9.59 Å². The van der Waals surface area contributed by atoms with E-state index in [1.165, 1.54) is 0 Å². The second kappa shape index (κ2) is 9.22. The summed E-state index contributed by atoms with van der Waals surface area (Å²) in [6.45, 7) is 0.257. The first-order chi connectivity index (χ1) is 12.1. The molecule has 0 spiro atoms. The van der Waals surface area contributed by atoms with Gasteiger partial charge in [-0.1, -0.05) is 30.3 Å². The van der Waals surface area contributed by atoms with Gasteiger partial charge in [0.25, 0.3) is 5.91 Å². The van der Waals surface area contributed by atoms with E-state index in [2.05, 4.69) is 15.8 Å². The van der Waals surface area contributed by atoms with Gasteiger partial charge >= 0.3 is 0 Å². The molecule has 0 heterocycles. The van der Waals surface area contributed by atoms with Crippen molar-refractivity contribution in [2.24, 2.45) is 5.10 Å². The molecule has 0 atom stereocenters. The standard InChI is InChI=1S/C19H22N4O2/c1-23(2)17-10-8-15(9-11-17)14-21-22-18(24)12-13-20-19(25)16-6-4-3-5-7-16/h3-11,14H,12-13H2,1-2H3,(H,20,25)(H,22,24)/b21-14-. The smallest absolute Gasteiger partial charge is 0.251 e. The fraction of sp³-hybridized carbons (Fsp3) is 0.211. The predicted octanol–water partition coefficient (Wildman–Crippen LogP) is 2.02. The number of carbonyl (C=O) groups is 2. The molecule has 2 aromatic rings. The molecule has 0 radical (unpaired) electrons. The molecule has 25 heavy (non-hydrogen) atoms. The molecule has 2 N–H and O–H groups in total. The Bertz CT molecular complexity index is 725. The summed E-state index contributed by atoms with van der Waals surface area (Å²) >= 11 is 0. The first kappa shape index (κ1) is 18.2. The zero-order valence-electron chi connectivity index (χ0n) is 14.4. The summed E-state index contributed by atoms with van der Waals surface area (Å²) in [6.07, 6.45) is 1.75. The van der Waals surface area contributed by atoms with Crippen LogP contribution in [0.1, 0.15) is 22.3 Å². The minimum Gasteiger partial charge on any atom is -0.378 e. The lowest BCUT2D eigenvalue weighted by atomic mass is 10.2. The maximum atomic E-state index is 11.8. The molecule has 6 nitrogen and oxygen atoms in total. The summed E-state index contributed by atoms with van der Waals surface area (Å²) in [5, 5.41) is 6.62. The van der Waals surface area contributed by atoms with Gasteiger partial charge in [0.2, 0.25) is 5.91 Å². The predicted molar refractivity (Wildman–Crippen MR) is 99.9 cm³/mol. The maximum absolute atomic E-state index is 11.8. The van der Waals surface area contributed by atoms with Crippen LogP contribution in [0.2, 0.25) is 0 Å². The minimum atomic E-state index is -0.255. The Morgan fingerprint density at radius 3 is 2.36 bits per heavy atom. The Labute approximate surface area is 147 Å². The number of nitrogens with one attached hydrogen (secondary N) is 2. The van der Waals surface area contributed by atoms with E-state index in [0.29, 0.717) is 5.56 Å². The Hall–Kier alpha value is -3.15. The fourth-order valence-corrected chi connectivity index (χ4v) is 2.07. The summed E-state index contributed by atoms with van der Waals surface area (Å²) in [6, 6.07) is 16.7. The quantitative estimate of drug-likeness (QED) is 0.599.